The van der Waals surface area contributed by atoms with Gasteiger partial charge in [0.1, 0.15) is 18.2 Å². The molecule has 3 nitrogen and oxygen atoms in total. The Morgan fingerprint density at radius 2 is 1.93 bits per heavy atom. The van der Waals surface area contributed by atoms with Crippen molar-refractivity contribution in [2.24, 2.45) is 0 Å². The van der Waals surface area contributed by atoms with Gasteiger partial charge in [0.15, 0.2) is 0 Å². The Balaban J connectivity index is 1.71. The largest absolute Gasteiger partial charge is 0.491 e. The molecule has 2 aromatic rings. The van der Waals surface area contributed by atoms with Crippen LogP contribution in [-0.2, 0) is 16.0 Å². The summed E-state index contributed by atoms with van der Waals surface area (Å²) >= 11 is 7.31. The van der Waals surface area contributed by atoms with Crippen molar-refractivity contribution in [1.82, 2.24) is 5.32 Å². The van der Waals surface area contributed by atoms with Gasteiger partial charge in [-0.25, -0.2) is 4.39 Å². The normalized spacial score (nSPS) is 11.3. The molecule has 146 valence electrons. The van der Waals surface area contributed by atoms with Crippen molar-refractivity contribution < 1.29 is 13.9 Å². The standard InChI is InChI=1S/C21H25ClFNO2S/c1-21(2,3)16-7-4-5-10-19(16)26-12-11-24-20(25)14-27-13-15-17(22)8-6-9-18(15)23/h4-10H,11-14H2,1-3H3,(H,24,25). The molecule has 0 radical (unpaired) electrons. The molecule has 0 fully saturated rings. The maximum absolute atomic E-state index is 13.7. The second-order valence-corrected chi connectivity index (χ2v) is 8.53. The van der Waals surface area contributed by atoms with Crippen LogP contribution >= 0.6 is 23.4 Å². The van der Waals surface area contributed by atoms with Crippen LogP contribution in [0.25, 0.3) is 0 Å². The van der Waals surface area contributed by atoms with Crippen LogP contribution in [-0.4, -0.2) is 24.8 Å². The van der Waals surface area contributed by atoms with Crippen LogP contribution in [0.4, 0.5) is 4.39 Å². The van der Waals surface area contributed by atoms with Crippen LogP contribution in [0.2, 0.25) is 5.02 Å². The van der Waals surface area contributed by atoms with Crippen LogP contribution in [0.5, 0.6) is 5.75 Å². The highest BCUT2D eigenvalue weighted by Gasteiger charge is 2.18. The zero-order valence-electron chi connectivity index (χ0n) is 15.9. The maximum Gasteiger partial charge on any atom is 0.230 e. The Morgan fingerprint density at radius 1 is 1.19 bits per heavy atom. The molecule has 0 aliphatic rings. The highest BCUT2D eigenvalue weighted by molar-refractivity contribution is 7.99. The number of nitrogens with one attached hydrogen (secondary N) is 1. The molecule has 0 saturated heterocycles. The number of carbonyl (C=O) groups is 1. The van der Waals surface area contributed by atoms with E-state index in [1.807, 2.05) is 18.2 Å². The molecule has 0 aromatic heterocycles. The quantitative estimate of drug-likeness (QED) is 0.608. The third-order valence-electron chi connectivity index (χ3n) is 3.92. The summed E-state index contributed by atoms with van der Waals surface area (Å²) in [4.78, 5) is 11.9. The van der Waals surface area contributed by atoms with Gasteiger partial charge >= 0.3 is 0 Å². The number of halogens is 2. The lowest BCUT2D eigenvalue weighted by atomic mass is 9.86. The lowest BCUT2D eigenvalue weighted by Gasteiger charge is -2.22. The van der Waals surface area contributed by atoms with E-state index < -0.39 is 0 Å². The summed E-state index contributed by atoms with van der Waals surface area (Å²) in [6, 6.07) is 12.5. The van der Waals surface area contributed by atoms with Crippen molar-refractivity contribution in [2.75, 3.05) is 18.9 Å². The molecule has 0 heterocycles. The lowest BCUT2D eigenvalue weighted by Crippen LogP contribution is -2.29. The van der Waals surface area contributed by atoms with E-state index in [4.69, 9.17) is 16.3 Å². The molecule has 2 rings (SSSR count). The van der Waals surface area contributed by atoms with Crippen LogP contribution in [0, 0.1) is 5.82 Å². The molecule has 27 heavy (non-hydrogen) atoms. The van der Waals surface area contributed by atoms with Gasteiger partial charge in [0, 0.05) is 16.3 Å². The number of benzene rings is 2. The summed E-state index contributed by atoms with van der Waals surface area (Å²) in [7, 11) is 0. The fourth-order valence-electron chi connectivity index (χ4n) is 2.53. The van der Waals surface area contributed by atoms with Crippen molar-refractivity contribution in [2.45, 2.75) is 31.9 Å². The van der Waals surface area contributed by atoms with Crippen LogP contribution in [0.1, 0.15) is 31.9 Å². The Kier molecular flexibility index (Phi) is 7.99. The first-order valence-electron chi connectivity index (χ1n) is 8.78. The minimum absolute atomic E-state index is 0.00946. The molecule has 6 heteroatoms. The molecular weight excluding hydrogens is 385 g/mol. The van der Waals surface area contributed by atoms with E-state index >= 15 is 0 Å². The summed E-state index contributed by atoms with van der Waals surface area (Å²) in [5.41, 5.74) is 1.55. The van der Waals surface area contributed by atoms with E-state index in [9.17, 15) is 9.18 Å². The smallest absolute Gasteiger partial charge is 0.230 e. The van der Waals surface area contributed by atoms with Gasteiger partial charge in [0.2, 0.25) is 5.91 Å². The molecule has 0 atom stereocenters. The first kappa shape index (κ1) is 21.6. The van der Waals surface area contributed by atoms with Crippen LogP contribution in [0.15, 0.2) is 42.5 Å². The Morgan fingerprint density at radius 3 is 2.63 bits per heavy atom. The van der Waals surface area contributed by atoms with E-state index in [0.717, 1.165) is 11.3 Å². The molecule has 1 N–H and O–H groups in total. The van der Waals surface area contributed by atoms with Gasteiger partial charge in [-0.1, -0.05) is 56.6 Å². The van der Waals surface area contributed by atoms with Crippen LogP contribution in [0.3, 0.4) is 0 Å². The predicted octanol–water partition coefficient (Wildman–Crippen LogP) is 5.21. The van der Waals surface area contributed by atoms with Crippen molar-refractivity contribution in [3.05, 3.63) is 64.4 Å². The summed E-state index contributed by atoms with van der Waals surface area (Å²) in [6.45, 7) is 7.21. The van der Waals surface area contributed by atoms with E-state index in [1.165, 1.54) is 17.8 Å². The summed E-state index contributed by atoms with van der Waals surface area (Å²) in [5, 5.41) is 3.20. The van der Waals surface area contributed by atoms with Crippen molar-refractivity contribution in [3.63, 3.8) is 0 Å². The van der Waals surface area contributed by atoms with Gasteiger partial charge in [0.25, 0.3) is 0 Å². The first-order valence-corrected chi connectivity index (χ1v) is 10.3. The lowest BCUT2D eigenvalue weighted by molar-refractivity contribution is -0.118. The average Bonchev–Trinajstić information content (AvgIpc) is 2.61. The van der Waals surface area contributed by atoms with Crippen LogP contribution < -0.4 is 10.1 Å². The molecular formula is C21H25ClFNO2S. The molecule has 1 amide bonds. The number of hydrogen-bond acceptors (Lipinski definition) is 3. The second kappa shape index (κ2) is 10.00. The Hall–Kier alpha value is -1.72. The van der Waals surface area contributed by atoms with Gasteiger partial charge in [-0.05, 0) is 29.2 Å². The number of ether oxygens (including phenoxy) is 1. The van der Waals surface area contributed by atoms with Gasteiger partial charge in [0.05, 0.1) is 12.3 Å². The third-order valence-corrected chi connectivity index (χ3v) is 5.23. The van der Waals surface area contributed by atoms with E-state index in [1.54, 1.807) is 12.1 Å². The second-order valence-electron chi connectivity index (χ2n) is 7.14. The van der Waals surface area contributed by atoms with Crippen molar-refractivity contribution >= 4 is 29.3 Å². The molecule has 0 bridgehead atoms. The highest BCUT2D eigenvalue weighted by Crippen LogP contribution is 2.30. The minimum Gasteiger partial charge on any atom is -0.491 e. The summed E-state index contributed by atoms with van der Waals surface area (Å²) in [6.07, 6.45) is 0. The number of carbonyl (C=O) groups excluding carboxylic acids is 1. The SMILES string of the molecule is CC(C)(C)c1ccccc1OCCNC(=O)CSCc1c(F)cccc1Cl. The predicted molar refractivity (Wildman–Crippen MR) is 111 cm³/mol. The van der Waals surface area contributed by atoms with Gasteiger partial charge in [-0.15, -0.1) is 11.8 Å². The number of hydrogen-bond donors (Lipinski definition) is 1. The molecule has 0 spiro atoms. The number of amides is 1. The number of para-hydroxylation sites is 1. The summed E-state index contributed by atoms with van der Waals surface area (Å²) < 4.78 is 19.5. The Labute approximate surface area is 169 Å². The van der Waals surface area contributed by atoms with E-state index in [-0.39, 0.29) is 22.9 Å². The zero-order valence-corrected chi connectivity index (χ0v) is 17.4. The molecule has 0 unspecified atom stereocenters. The molecule has 0 saturated carbocycles. The van der Waals surface area contributed by atoms with Crippen molar-refractivity contribution in [3.8, 4) is 5.75 Å². The van der Waals surface area contributed by atoms with Gasteiger partial charge in [-0.2, -0.15) is 0 Å². The fourth-order valence-corrected chi connectivity index (χ4v) is 3.73. The Bertz CT molecular complexity index is 757. The number of thioether (sulfide) groups is 1. The topological polar surface area (TPSA) is 38.3 Å². The van der Waals surface area contributed by atoms with Gasteiger partial charge in [-0.3, -0.25) is 4.79 Å². The van der Waals surface area contributed by atoms with Gasteiger partial charge < -0.3 is 10.1 Å². The monoisotopic (exact) mass is 409 g/mol. The summed E-state index contributed by atoms with van der Waals surface area (Å²) in [5.74, 6) is 0.974. The molecule has 0 aliphatic carbocycles. The molecule has 0 aliphatic heterocycles. The fraction of sp³-hybridized carbons (Fsp3) is 0.381. The highest BCUT2D eigenvalue weighted by atomic mass is 35.5. The molecule has 2 aromatic carbocycles. The maximum atomic E-state index is 13.7. The zero-order chi connectivity index (χ0) is 19.9. The van der Waals surface area contributed by atoms with E-state index in [0.29, 0.717) is 29.5 Å². The average molecular weight is 410 g/mol. The first-order chi connectivity index (χ1) is 12.8. The van der Waals surface area contributed by atoms with Crippen molar-refractivity contribution in [1.29, 1.82) is 0 Å². The number of rotatable bonds is 8. The third kappa shape index (κ3) is 6.74. The van der Waals surface area contributed by atoms with E-state index in [2.05, 4.69) is 32.2 Å². The minimum atomic E-state index is -0.346.